The zero-order valence-corrected chi connectivity index (χ0v) is 21.0. The molecule has 0 bridgehead atoms. The van der Waals surface area contributed by atoms with Crippen molar-refractivity contribution in [2.45, 2.75) is 32.9 Å². The standard InChI is InChI=1S/C24H27Cl2N3O2S/c1-15(2)12-28(13-16(3)4)22(30)14-32-24-27-21-11-18(26)7-10-20(21)23(31)29(24)19-8-5-17(25)6-9-19/h5-11,15-16H,12-14H2,1-4H3. The van der Waals surface area contributed by atoms with Gasteiger partial charge in [-0.05, 0) is 54.3 Å². The molecule has 0 fully saturated rings. The Morgan fingerprint density at radius 1 is 1.00 bits per heavy atom. The molecule has 1 aromatic heterocycles. The minimum atomic E-state index is -0.217. The van der Waals surface area contributed by atoms with Gasteiger partial charge >= 0.3 is 0 Å². The number of nitrogens with zero attached hydrogens (tertiary/aromatic N) is 3. The molecule has 170 valence electrons. The average Bonchev–Trinajstić information content (AvgIpc) is 2.71. The highest BCUT2D eigenvalue weighted by atomic mass is 35.5. The van der Waals surface area contributed by atoms with Crippen molar-refractivity contribution in [1.29, 1.82) is 0 Å². The molecular weight excluding hydrogens is 465 g/mol. The summed E-state index contributed by atoms with van der Waals surface area (Å²) in [6.45, 7) is 9.78. The summed E-state index contributed by atoms with van der Waals surface area (Å²) in [7, 11) is 0. The van der Waals surface area contributed by atoms with Crippen molar-refractivity contribution in [2.24, 2.45) is 11.8 Å². The maximum atomic E-state index is 13.4. The van der Waals surface area contributed by atoms with Gasteiger partial charge < -0.3 is 4.90 Å². The molecule has 2 aromatic carbocycles. The summed E-state index contributed by atoms with van der Waals surface area (Å²) >= 11 is 13.4. The van der Waals surface area contributed by atoms with Gasteiger partial charge in [0.15, 0.2) is 5.16 Å². The van der Waals surface area contributed by atoms with Gasteiger partial charge in [-0.3, -0.25) is 14.2 Å². The van der Waals surface area contributed by atoms with E-state index in [-0.39, 0.29) is 17.2 Å². The molecule has 0 aliphatic carbocycles. The maximum Gasteiger partial charge on any atom is 0.266 e. The number of fused-ring (bicyclic) bond motifs is 1. The normalized spacial score (nSPS) is 11.5. The Hall–Kier alpha value is -2.02. The predicted molar refractivity (Wildman–Crippen MR) is 134 cm³/mol. The van der Waals surface area contributed by atoms with E-state index in [1.807, 2.05) is 4.90 Å². The number of amides is 1. The van der Waals surface area contributed by atoms with Crippen molar-refractivity contribution in [2.75, 3.05) is 18.8 Å². The van der Waals surface area contributed by atoms with Crippen LogP contribution in [0.3, 0.4) is 0 Å². The van der Waals surface area contributed by atoms with Crippen LogP contribution in [-0.4, -0.2) is 39.2 Å². The van der Waals surface area contributed by atoms with Crippen LogP contribution in [0, 0.1) is 11.8 Å². The van der Waals surface area contributed by atoms with Gasteiger partial charge in [-0.2, -0.15) is 0 Å². The van der Waals surface area contributed by atoms with E-state index in [4.69, 9.17) is 23.2 Å². The maximum absolute atomic E-state index is 13.4. The molecule has 0 saturated heterocycles. The van der Waals surface area contributed by atoms with E-state index < -0.39 is 0 Å². The fourth-order valence-electron chi connectivity index (χ4n) is 3.43. The zero-order chi connectivity index (χ0) is 23.4. The van der Waals surface area contributed by atoms with Crippen LogP contribution in [0.4, 0.5) is 0 Å². The molecule has 1 heterocycles. The molecule has 5 nitrogen and oxygen atoms in total. The molecule has 0 radical (unpaired) electrons. The molecule has 0 unspecified atom stereocenters. The molecule has 0 aliphatic rings. The van der Waals surface area contributed by atoms with Crippen molar-refractivity contribution in [1.82, 2.24) is 14.5 Å². The van der Waals surface area contributed by atoms with Crippen LogP contribution in [0.15, 0.2) is 52.4 Å². The lowest BCUT2D eigenvalue weighted by Gasteiger charge is -2.26. The van der Waals surface area contributed by atoms with Crippen molar-refractivity contribution >= 4 is 51.8 Å². The van der Waals surface area contributed by atoms with Crippen LogP contribution in [0.1, 0.15) is 27.7 Å². The first kappa shape index (κ1) is 24.6. The molecule has 8 heteroatoms. The number of carbonyl (C=O) groups excluding carboxylic acids is 1. The number of benzene rings is 2. The van der Waals surface area contributed by atoms with Gasteiger partial charge in [0.1, 0.15) is 0 Å². The third kappa shape index (κ3) is 6.06. The molecule has 32 heavy (non-hydrogen) atoms. The van der Waals surface area contributed by atoms with Crippen LogP contribution >= 0.6 is 35.0 Å². The molecule has 1 amide bonds. The van der Waals surface area contributed by atoms with Gasteiger partial charge in [0.25, 0.3) is 5.56 Å². The average molecular weight is 492 g/mol. The third-order valence-electron chi connectivity index (χ3n) is 4.73. The van der Waals surface area contributed by atoms with E-state index >= 15 is 0 Å². The van der Waals surface area contributed by atoms with Gasteiger partial charge in [-0.25, -0.2) is 4.98 Å². The molecule has 3 aromatic rings. The summed E-state index contributed by atoms with van der Waals surface area (Å²) in [5, 5.41) is 1.97. The Morgan fingerprint density at radius 2 is 1.59 bits per heavy atom. The van der Waals surface area contributed by atoms with Gasteiger partial charge in [-0.1, -0.05) is 62.7 Å². The second-order valence-electron chi connectivity index (χ2n) is 8.55. The molecule has 0 atom stereocenters. The highest BCUT2D eigenvalue weighted by Crippen LogP contribution is 2.24. The summed E-state index contributed by atoms with van der Waals surface area (Å²) in [5.74, 6) is 0.957. The van der Waals surface area contributed by atoms with Gasteiger partial charge in [0.2, 0.25) is 5.91 Å². The van der Waals surface area contributed by atoms with E-state index in [2.05, 4.69) is 32.7 Å². The monoisotopic (exact) mass is 491 g/mol. The second-order valence-corrected chi connectivity index (χ2v) is 10.4. The lowest BCUT2D eigenvalue weighted by Crippen LogP contribution is -2.38. The topological polar surface area (TPSA) is 55.2 Å². The first-order valence-corrected chi connectivity index (χ1v) is 12.3. The van der Waals surface area contributed by atoms with Crippen LogP contribution in [0.25, 0.3) is 16.6 Å². The summed E-state index contributed by atoms with van der Waals surface area (Å²) < 4.78 is 1.53. The van der Waals surface area contributed by atoms with Crippen molar-refractivity contribution in [3.8, 4) is 5.69 Å². The van der Waals surface area contributed by atoms with Crippen molar-refractivity contribution in [3.63, 3.8) is 0 Å². The Kier molecular flexibility index (Phi) is 8.26. The summed E-state index contributed by atoms with van der Waals surface area (Å²) in [6.07, 6.45) is 0. The summed E-state index contributed by atoms with van der Waals surface area (Å²) in [6, 6.07) is 12.0. The number of halogens is 2. The smallest absolute Gasteiger partial charge is 0.266 e. The Bertz CT molecular complexity index is 1150. The Labute approximate surface area is 202 Å². The summed E-state index contributed by atoms with van der Waals surface area (Å²) in [4.78, 5) is 33.0. The predicted octanol–water partition coefficient (Wildman–Crippen LogP) is 5.93. The fraction of sp³-hybridized carbons (Fsp3) is 0.375. The molecule has 0 spiro atoms. The molecule has 0 aliphatic heterocycles. The van der Waals surface area contributed by atoms with E-state index in [0.717, 1.165) is 0 Å². The zero-order valence-electron chi connectivity index (χ0n) is 18.6. The van der Waals surface area contributed by atoms with E-state index in [1.54, 1.807) is 42.5 Å². The van der Waals surface area contributed by atoms with Gasteiger partial charge in [-0.15, -0.1) is 0 Å². The number of hydrogen-bond acceptors (Lipinski definition) is 4. The van der Waals surface area contributed by atoms with Gasteiger partial charge in [0.05, 0.1) is 22.3 Å². The number of rotatable bonds is 8. The first-order valence-electron chi connectivity index (χ1n) is 10.5. The molecule has 0 saturated carbocycles. The number of thioether (sulfide) groups is 1. The van der Waals surface area contributed by atoms with E-state index in [9.17, 15) is 9.59 Å². The lowest BCUT2D eigenvalue weighted by molar-refractivity contribution is -0.129. The van der Waals surface area contributed by atoms with Crippen LogP contribution in [-0.2, 0) is 4.79 Å². The fourth-order valence-corrected chi connectivity index (χ4v) is 4.64. The van der Waals surface area contributed by atoms with Crippen LogP contribution in [0.5, 0.6) is 0 Å². The summed E-state index contributed by atoms with van der Waals surface area (Å²) in [5.41, 5.74) is 0.925. The minimum absolute atomic E-state index is 0.0282. The SMILES string of the molecule is CC(C)CN(CC(C)C)C(=O)CSc1nc2cc(Cl)ccc2c(=O)n1-c1ccc(Cl)cc1. The molecule has 0 N–H and O–H groups in total. The molecular formula is C24H27Cl2N3O2S. The molecule has 3 rings (SSSR count). The minimum Gasteiger partial charge on any atom is -0.341 e. The quantitative estimate of drug-likeness (QED) is 0.289. The number of hydrogen-bond donors (Lipinski definition) is 0. The van der Waals surface area contributed by atoms with Crippen molar-refractivity contribution < 1.29 is 4.79 Å². The number of aromatic nitrogens is 2. The van der Waals surface area contributed by atoms with E-state index in [1.165, 1.54) is 16.3 Å². The Balaban J connectivity index is 2.00. The lowest BCUT2D eigenvalue weighted by atomic mass is 10.1. The number of carbonyl (C=O) groups is 1. The van der Waals surface area contributed by atoms with Gasteiger partial charge in [0, 0.05) is 23.1 Å². The highest BCUT2D eigenvalue weighted by molar-refractivity contribution is 7.99. The van der Waals surface area contributed by atoms with Crippen LogP contribution < -0.4 is 5.56 Å². The second kappa shape index (κ2) is 10.7. The third-order valence-corrected chi connectivity index (χ3v) is 6.14. The Morgan fingerprint density at radius 3 is 2.19 bits per heavy atom. The van der Waals surface area contributed by atoms with Crippen LogP contribution in [0.2, 0.25) is 10.0 Å². The van der Waals surface area contributed by atoms with Crippen molar-refractivity contribution in [3.05, 3.63) is 62.9 Å². The largest absolute Gasteiger partial charge is 0.341 e. The first-order chi connectivity index (χ1) is 15.2. The van der Waals surface area contributed by atoms with E-state index in [0.29, 0.717) is 56.7 Å². The highest BCUT2D eigenvalue weighted by Gasteiger charge is 2.19.